The van der Waals surface area contributed by atoms with Gasteiger partial charge in [-0.25, -0.2) is 0 Å². The van der Waals surface area contributed by atoms with E-state index in [1.807, 2.05) is 54.6 Å². The molecule has 6 nitrogen and oxygen atoms in total. The van der Waals surface area contributed by atoms with Crippen molar-refractivity contribution >= 4 is 17.6 Å². The molecule has 0 fully saturated rings. The first-order valence-corrected chi connectivity index (χ1v) is 8.92. The van der Waals surface area contributed by atoms with E-state index in [0.29, 0.717) is 24.3 Å². The van der Waals surface area contributed by atoms with Crippen molar-refractivity contribution < 1.29 is 9.59 Å². The molecule has 0 bridgehead atoms. The Bertz CT molecular complexity index is 875. The van der Waals surface area contributed by atoms with Crippen LogP contribution in [0, 0.1) is 0 Å². The van der Waals surface area contributed by atoms with Gasteiger partial charge in [0.25, 0.3) is 5.91 Å². The number of carbonyl (C=O) groups is 2. The molecule has 0 aliphatic carbocycles. The number of amides is 2. The Hall–Kier alpha value is -3.41. The summed E-state index contributed by atoms with van der Waals surface area (Å²) in [4.78, 5) is 24.0. The zero-order valence-corrected chi connectivity index (χ0v) is 14.9. The molecular weight excluding hydrogens is 340 g/mol. The van der Waals surface area contributed by atoms with E-state index in [1.165, 1.54) is 0 Å². The number of hydrogen-bond acceptors (Lipinski definition) is 3. The fraction of sp³-hybridized carbons (Fsp3) is 0.190. The molecule has 0 radical (unpaired) electrons. The smallest absolute Gasteiger partial charge is 0.251 e. The highest BCUT2D eigenvalue weighted by Gasteiger charge is 2.08. The molecule has 0 atom stereocenters. The second-order valence-corrected chi connectivity index (χ2v) is 6.21. The highest BCUT2D eigenvalue weighted by molar-refractivity contribution is 5.94. The summed E-state index contributed by atoms with van der Waals surface area (Å²) in [5.41, 5.74) is 2.53. The van der Waals surface area contributed by atoms with Gasteiger partial charge in [-0.3, -0.25) is 14.7 Å². The second kappa shape index (κ2) is 9.33. The molecule has 27 heavy (non-hydrogen) atoms. The molecule has 0 spiro atoms. The van der Waals surface area contributed by atoms with Crippen molar-refractivity contribution in [1.82, 2.24) is 15.5 Å². The average molecular weight is 362 g/mol. The molecule has 3 aromatic rings. The first kappa shape index (κ1) is 18.4. The molecule has 3 rings (SSSR count). The van der Waals surface area contributed by atoms with Crippen LogP contribution in [-0.4, -0.2) is 28.6 Å². The second-order valence-electron chi connectivity index (χ2n) is 6.21. The van der Waals surface area contributed by atoms with Crippen molar-refractivity contribution in [3.8, 4) is 0 Å². The summed E-state index contributed by atoms with van der Waals surface area (Å²) in [7, 11) is 0. The third-order valence-corrected chi connectivity index (χ3v) is 4.05. The monoisotopic (exact) mass is 362 g/mol. The summed E-state index contributed by atoms with van der Waals surface area (Å²) in [6, 6.07) is 20.5. The van der Waals surface area contributed by atoms with Crippen LogP contribution < -0.4 is 10.6 Å². The largest absolute Gasteiger partial charge is 0.352 e. The van der Waals surface area contributed by atoms with Crippen LogP contribution in [0.5, 0.6) is 0 Å². The third kappa shape index (κ3) is 5.81. The van der Waals surface area contributed by atoms with Crippen molar-refractivity contribution in [2.75, 3.05) is 11.9 Å². The fourth-order valence-corrected chi connectivity index (χ4v) is 2.69. The number of nitrogens with one attached hydrogen (secondary N) is 3. The SMILES string of the molecule is O=C(Cc1ccccc1)Nc1cc(CCCNC(=O)c2ccccc2)[nH]n1. The van der Waals surface area contributed by atoms with E-state index in [2.05, 4.69) is 20.8 Å². The zero-order chi connectivity index (χ0) is 18.9. The number of carbonyl (C=O) groups excluding carboxylic acids is 2. The number of hydrogen-bond donors (Lipinski definition) is 3. The van der Waals surface area contributed by atoms with Gasteiger partial charge in [0, 0.05) is 23.9 Å². The number of rotatable bonds is 8. The number of aromatic amines is 1. The number of benzene rings is 2. The number of aryl methyl sites for hydroxylation is 1. The van der Waals surface area contributed by atoms with Crippen LogP contribution in [0.25, 0.3) is 0 Å². The zero-order valence-electron chi connectivity index (χ0n) is 14.9. The van der Waals surface area contributed by atoms with Crippen LogP contribution in [0.1, 0.15) is 28.0 Å². The molecule has 6 heteroatoms. The minimum Gasteiger partial charge on any atom is -0.352 e. The van der Waals surface area contributed by atoms with Crippen molar-refractivity contribution in [3.05, 3.63) is 83.6 Å². The molecule has 2 amide bonds. The molecule has 0 saturated heterocycles. The highest BCUT2D eigenvalue weighted by atomic mass is 16.2. The number of H-pyrrole nitrogens is 1. The Balaban J connectivity index is 1.39. The Kier molecular flexibility index (Phi) is 6.35. The first-order chi connectivity index (χ1) is 13.2. The van der Waals surface area contributed by atoms with E-state index in [0.717, 1.165) is 24.1 Å². The van der Waals surface area contributed by atoms with E-state index in [-0.39, 0.29) is 11.8 Å². The van der Waals surface area contributed by atoms with Crippen molar-refractivity contribution in [1.29, 1.82) is 0 Å². The van der Waals surface area contributed by atoms with Gasteiger partial charge in [-0.05, 0) is 30.5 Å². The van der Waals surface area contributed by atoms with Gasteiger partial charge in [0.2, 0.25) is 5.91 Å². The fourth-order valence-electron chi connectivity index (χ4n) is 2.69. The highest BCUT2D eigenvalue weighted by Crippen LogP contribution is 2.09. The molecule has 0 unspecified atom stereocenters. The van der Waals surface area contributed by atoms with Gasteiger partial charge in [0.1, 0.15) is 0 Å². The summed E-state index contributed by atoms with van der Waals surface area (Å²) in [6.07, 6.45) is 1.82. The summed E-state index contributed by atoms with van der Waals surface area (Å²) in [5.74, 6) is 0.336. The minimum absolute atomic E-state index is 0.0749. The van der Waals surface area contributed by atoms with Crippen LogP contribution in [0.3, 0.4) is 0 Å². The standard InChI is InChI=1S/C21H22N4O2/c26-20(14-16-8-3-1-4-9-16)23-19-15-18(24-25-19)12-7-13-22-21(27)17-10-5-2-6-11-17/h1-6,8-11,15H,7,12-14H2,(H,22,27)(H2,23,24,25,26). The van der Waals surface area contributed by atoms with E-state index in [4.69, 9.17) is 0 Å². The van der Waals surface area contributed by atoms with Gasteiger partial charge in [0.05, 0.1) is 6.42 Å². The van der Waals surface area contributed by atoms with E-state index in [1.54, 1.807) is 12.1 Å². The summed E-state index contributed by atoms with van der Waals surface area (Å²) < 4.78 is 0. The lowest BCUT2D eigenvalue weighted by Crippen LogP contribution is -2.24. The Morgan fingerprint density at radius 3 is 2.41 bits per heavy atom. The maximum Gasteiger partial charge on any atom is 0.251 e. The Labute approximate surface area is 158 Å². The van der Waals surface area contributed by atoms with E-state index >= 15 is 0 Å². The Morgan fingerprint density at radius 1 is 0.963 bits per heavy atom. The maximum absolute atomic E-state index is 12.0. The van der Waals surface area contributed by atoms with Crippen molar-refractivity contribution in [3.63, 3.8) is 0 Å². The topological polar surface area (TPSA) is 86.9 Å². The van der Waals surface area contributed by atoms with Crippen molar-refractivity contribution in [2.45, 2.75) is 19.3 Å². The summed E-state index contributed by atoms with van der Waals surface area (Å²) in [5, 5.41) is 12.7. The molecule has 3 N–H and O–H groups in total. The lowest BCUT2D eigenvalue weighted by atomic mass is 10.1. The van der Waals surface area contributed by atoms with Gasteiger partial charge in [0.15, 0.2) is 5.82 Å². The molecule has 0 aliphatic rings. The normalized spacial score (nSPS) is 10.4. The first-order valence-electron chi connectivity index (χ1n) is 8.92. The average Bonchev–Trinajstić information content (AvgIpc) is 3.13. The molecule has 2 aromatic carbocycles. The molecule has 0 saturated carbocycles. The molecular formula is C21H22N4O2. The van der Waals surface area contributed by atoms with Crippen LogP contribution >= 0.6 is 0 Å². The predicted octanol–water partition coefficient (Wildman–Crippen LogP) is 2.95. The molecule has 138 valence electrons. The van der Waals surface area contributed by atoms with Crippen LogP contribution in [0.15, 0.2) is 66.7 Å². The van der Waals surface area contributed by atoms with Gasteiger partial charge in [-0.15, -0.1) is 0 Å². The minimum atomic E-state index is -0.102. The van der Waals surface area contributed by atoms with Crippen LogP contribution in [0.4, 0.5) is 5.82 Å². The number of aromatic nitrogens is 2. The summed E-state index contributed by atoms with van der Waals surface area (Å²) in [6.45, 7) is 0.572. The van der Waals surface area contributed by atoms with Gasteiger partial charge in [-0.2, -0.15) is 5.10 Å². The van der Waals surface area contributed by atoms with Crippen molar-refractivity contribution in [2.24, 2.45) is 0 Å². The quantitative estimate of drug-likeness (QED) is 0.539. The molecule has 0 aliphatic heterocycles. The van der Waals surface area contributed by atoms with E-state index < -0.39 is 0 Å². The van der Waals surface area contributed by atoms with Crippen LogP contribution in [0.2, 0.25) is 0 Å². The van der Waals surface area contributed by atoms with Crippen LogP contribution in [-0.2, 0) is 17.6 Å². The molecule has 1 heterocycles. The van der Waals surface area contributed by atoms with E-state index in [9.17, 15) is 9.59 Å². The summed E-state index contributed by atoms with van der Waals surface area (Å²) >= 11 is 0. The lowest BCUT2D eigenvalue weighted by molar-refractivity contribution is -0.115. The predicted molar refractivity (Wildman–Crippen MR) is 104 cm³/mol. The molecule has 1 aromatic heterocycles. The van der Waals surface area contributed by atoms with Gasteiger partial charge in [-0.1, -0.05) is 48.5 Å². The number of nitrogens with zero attached hydrogens (tertiary/aromatic N) is 1. The van der Waals surface area contributed by atoms with Gasteiger partial charge < -0.3 is 10.6 Å². The Morgan fingerprint density at radius 2 is 1.67 bits per heavy atom. The third-order valence-electron chi connectivity index (χ3n) is 4.05. The number of anilines is 1. The lowest BCUT2D eigenvalue weighted by Gasteiger charge is -2.04. The maximum atomic E-state index is 12.0. The van der Waals surface area contributed by atoms with Gasteiger partial charge >= 0.3 is 0 Å².